The second-order valence-corrected chi connectivity index (χ2v) is 4.47. The van der Waals surface area contributed by atoms with E-state index in [9.17, 15) is 14.0 Å². The lowest BCUT2D eigenvalue weighted by Gasteiger charge is -2.40. The molecule has 2 N–H and O–H groups in total. The van der Waals surface area contributed by atoms with Crippen LogP contribution in [-0.4, -0.2) is 30.5 Å². The normalized spacial score (nSPS) is 36.4. The van der Waals surface area contributed by atoms with Gasteiger partial charge in [0.2, 0.25) is 5.78 Å². The Hall–Kier alpha value is -1.53. The van der Waals surface area contributed by atoms with Gasteiger partial charge in [-0.1, -0.05) is 0 Å². The Morgan fingerprint density at radius 2 is 2.24 bits per heavy atom. The van der Waals surface area contributed by atoms with Gasteiger partial charge in [0, 0.05) is 13.2 Å². The first-order chi connectivity index (χ1) is 8.12. The van der Waals surface area contributed by atoms with Crippen molar-refractivity contribution in [2.45, 2.75) is 12.0 Å². The molecule has 90 valence electrons. The van der Waals surface area contributed by atoms with Crippen LogP contribution in [0.3, 0.4) is 0 Å². The molecule has 0 aromatic rings. The number of rotatable bonds is 0. The van der Waals surface area contributed by atoms with E-state index in [4.69, 9.17) is 4.74 Å². The second kappa shape index (κ2) is 3.48. The third-order valence-electron chi connectivity index (χ3n) is 3.43. The highest BCUT2D eigenvalue weighted by Gasteiger charge is 2.54. The zero-order valence-electron chi connectivity index (χ0n) is 8.96. The number of carbonyl (C=O) groups is 2. The maximum Gasteiger partial charge on any atom is 0.312 e. The molecule has 0 amide bonds. The van der Waals surface area contributed by atoms with Crippen molar-refractivity contribution >= 4 is 11.8 Å². The van der Waals surface area contributed by atoms with E-state index in [1.165, 1.54) is 6.08 Å². The highest BCUT2D eigenvalue weighted by Crippen LogP contribution is 2.39. The quantitative estimate of drug-likeness (QED) is 0.570. The van der Waals surface area contributed by atoms with E-state index in [1.807, 2.05) is 0 Å². The molecule has 6 heteroatoms. The van der Waals surface area contributed by atoms with Gasteiger partial charge in [-0.3, -0.25) is 14.9 Å². The molecule has 2 heterocycles. The fourth-order valence-corrected chi connectivity index (χ4v) is 2.66. The smallest absolute Gasteiger partial charge is 0.312 e. The van der Waals surface area contributed by atoms with Crippen LogP contribution in [0.4, 0.5) is 4.39 Å². The molecular weight excluding hydrogens is 227 g/mol. The first kappa shape index (κ1) is 10.6. The molecule has 3 aliphatic rings. The van der Waals surface area contributed by atoms with Crippen molar-refractivity contribution in [3.8, 4) is 0 Å². The molecule has 1 spiro atoms. The standard InChI is InChI=1S/C11H11FN2O3/c12-6-1-2-7-9(10(6)16)11(3-8(15)17-7)4-13-5-14-11/h1-2,9,13-14H,3-5H2/t9?,11-/m1/s1. The summed E-state index contributed by atoms with van der Waals surface area (Å²) >= 11 is 0. The number of ether oxygens (including phenoxy) is 1. The minimum Gasteiger partial charge on any atom is -0.430 e. The van der Waals surface area contributed by atoms with Crippen molar-refractivity contribution in [1.82, 2.24) is 10.6 Å². The molecule has 2 saturated heterocycles. The molecule has 2 aliphatic heterocycles. The highest BCUT2D eigenvalue weighted by molar-refractivity contribution is 6.00. The number of nitrogens with one attached hydrogen (secondary N) is 2. The van der Waals surface area contributed by atoms with Crippen LogP contribution in [0.1, 0.15) is 6.42 Å². The molecular formula is C11H11FN2O3. The molecule has 5 nitrogen and oxygen atoms in total. The largest absolute Gasteiger partial charge is 0.430 e. The number of hydrogen-bond acceptors (Lipinski definition) is 5. The zero-order valence-corrected chi connectivity index (χ0v) is 8.96. The second-order valence-electron chi connectivity index (χ2n) is 4.47. The summed E-state index contributed by atoms with van der Waals surface area (Å²) in [5.41, 5.74) is -0.746. The van der Waals surface area contributed by atoms with Crippen molar-refractivity contribution in [2.24, 2.45) is 5.92 Å². The maximum absolute atomic E-state index is 13.4. The van der Waals surface area contributed by atoms with Gasteiger partial charge < -0.3 is 10.1 Å². The number of halogens is 1. The third kappa shape index (κ3) is 1.44. The monoisotopic (exact) mass is 238 g/mol. The summed E-state index contributed by atoms with van der Waals surface area (Å²) in [7, 11) is 0. The summed E-state index contributed by atoms with van der Waals surface area (Å²) in [6, 6.07) is 0. The summed E-state index contributed by atoms with van der Waals surface area (Å²) in [5, 5.41) is 6.12. The van der Waals surface area contributed by atoms with Gasteiger partial charge in [0.25, 0.3) is 0 Å². The minimum absolute atomic E-state index is 0.0705. The zero-order chi connectivity index (χ0) is 12.0. The lowest BCUT2D eigenvalue weighted by molar-refractivity contribution is -0.149. The SMILES string of the molecule is O=C1C[C@@]2(CNCN2)C2C(=O)C(F)=CC=C2O1. The van der Waals surface area contributed by atoms with E-state index in [2.05, 4.69) is 10.6 Å². The number of ketones is 1. The fourth-order valence-electron chi connectivity index (χ4n) is 2.66. The Kier molecular flexibility index (Phi) is 2.17. The molecule has 3 rings (SSSR count). The van der Waals surface area contributed by atoms with Gasteiger partial charge in [-0.05, 0) is 12.2 Å². The van der Waals surface area contributed by atoms with E-state index in [1.54, 1.807) is 0 Å². The van der Waals surface area contributed by atoms with Crippen LogP contribution in [0, 0.1) is 5.92 Å². The predicted molar refractivity (Wildman–Crippen MR) is 55.2 cm³/mol. The molecule has 1 aliphatic carbocycles. The molecule has 17 heavy (non-hydrogen) atoms. The molecule has 0 saturated carbocycles. The summed E-state index contributed by atoms with van der Waals surface area (Å²) in [5.74, 6) is -2.31. The molecule has 0 radical (unpaired) electrons. The molecule has 1 unspecified atom stereocenters. The van der Waals surface area contributed by atoms with Crippen molar-refractivity contribution < 1.29 is 18.7 Å². The van der Waals surface area contributed by atoms with Gasteiger partial charge in [-0.15, -0.1) is 0 Å². The molecule has 0 bridgehead atoms. The van der Waals surface area contributed by atoms with Gasteiger partial charge in [0.15, 0.2) is 5.83 Å². The number of hydrogen-bond donors (Lipinski definition) is 2. The number of allylic oxidation sites excluding steroid dienone is 3. The molecule has 2 atom stereocenters. The van der Waals surface area contributed by atoms with E-state index in [0.29, 0.717) is 13.2 Å². The van der Waals surface area contributed by atoms with E-state index >= 15 is 0 Å². The summed E-state index contributed by atoms with van der Waals surface area (Å²) in [6.07, 6.45) is 2.48. The first-order valence-electron chi connectivity index (χ1n) is 5.40. The van der Waals surface area contributed by atoms with Gasteiger partial charge in [-0.25, -0.2) is 4.39 Å². The van der Waals surface area contributed by atoms with E-state index < -0.39 is 29.0 Å². The summed E-state index contributed by atoms with van der Waals surface area (Å²) in [6.45, 7) is 0.943. The van der Waals surface area contributed by atoms with Gasteiger partial charge in [0.05, 0.1) is 12.0 Å². The lowest BCUT2D eigenvalue weighted by Crippen LogP contribution is -2.58. The maximum atomic E-state index is 13.4. The van der Waals surface area contributed by atoms with Crippen LogP contribution in [0.2, 0.25) is 0 Å². The Morgan fingerprint density at radius 3 is 2.94 bits per heavy atom. The van der Waals surface area contributed by atoms with Crippen LogP contribution in [0.15, 0.2) is 23.7 Å². The van der Waals surface area contributed by atoms with Crippen LogP contribution < -0.4 is 10.6 Å². The molecule has 0 aromatic carbocycles. The van der Waals surface area contributed by atoms with Gasteiger partial charge in [0.1, 0.15) is 11.7 Å². The van der Waals surface area contributed by atoms with Crippen LogP contribution in [0.5, 0.6) is 0 Å². The number of carbonyl (C=O) groups excluding carboxylic acids is 2. The highest BCUT2D eigenvalue weighted by atomic mass is 19.1. The van der Waals surface area contributed by atoms with Crippen LogP contribution >= 0.6 is 0 Å². The van der Waals surface area contributed by atoms with Crippen LogP contribution in [0.25, 0.3) is 0 Å². The van der Waals surface area contributed by atoms with Crippen molar-refractivity contribution in [3.63, 3.8) is 0 Å². The Bertz CT molecular complexity index is 463. The third-order valence-corrected chi connectivity index (χ3v) is 3.43. The molecule has 0 aromatic heterocycles. The summed E-state index contributed by atoms with van der Waals surface area (Å²) in [4.78, 5) is 23.4. The topological polar surface area (TPSA) is 67.4 Å². The van der Waals surface area contributed by atoms with E-state index in [0.717, 1.165) is 6.08 Å². The predicted octanol–water partition coefficient (Wildman–Crippen LogP) is -0.241. The minimum atomic E-state index is -0.787. The number of esters is 1. The Labute approximate surface area is 96.7 Å². The number of Topliss-reactive ketones (excluding diaryl/α,β-unsaturated/α-hetero) is 1. The Balaban J connectivity index is 2.06. The van der Waals surface area contributed by atoms with Crippen molar-refractivity contribution in [3.05, 3.63) is 23.7 Å². The van der Waals surface area contributed by atoms with Gasteiger partial charge in [-0.2, -0.15) is 0 Å². The van der Waals surface area contributed by atoms with Gasteiger partial charge >= 0.3 is 5.97 Å². The van der Waals surface area contributed by atoms with Crippen molar-refractivity contribution in [2.75, 3.05) is 13.2 Å². The molecule has 2 fully saturated rings. The van der Waals surface area contributed by atoms with Crippen LogP contribution in [-0.2, 0) is 14.3 Å². The average Bonchev–Trinajstić information content (AvgIpc) is 2.72. The van der Waals surface area contributed by atoms with E-state index in [-0.39, 0.29) is 12.2 Å². The van der Waals surface area contributed by atoms with Crippen molar-refractivity contribution in [1.29, 1.82) is 0 Å². The average molecular weight is 238 g/mol. The first-order valence-corrected chi connectivity index (χ1v) is 5.40. The fraction of sp³-hybridized carbons (Fsp3) is 0.455. The Morgan fingerprint density at radius 1 is 1.41 bits per heavy atom. The summed E-state index contributed by atoms with van der Waals surface area (Å²) < 4.78 is 18.4. The number of fused-ring (bicyclic) bond motifs is 2. The lowest BCUT2D eigenvalue weighted by atomic mass is 9.74.